The molecule has 2 N–H and O–H groups in total. The van der Waals surface area contributed by atoms with E-state index in [0.717, 1.165) is 41.8 Å². The molecule has 0 aliphatic carbocycles. The molecule has 2 unspecified atom stereocenters. The van der Waals surface area contributed by atoms with E-state index in [0.29, 0.717) is 4.90 Å². The van der Waals surface area contributed by atoms with Crippen LogP contribution in [0.4, 0.5) is 0 Å². The van der Waals surface area contributed by atoms with Crippen molar-refractivity contribution in [2.75, 3.05) is 6.54 Å². The Morgan fingerprint density at radius 2 is 1.73 bits per heavy atom. The van der Waals surface area contributed by atoms with E-state index in [2.05, 4.69) is 45.8 Å². The number of aryl methyl sites for hydroxylation is 3. The van der Waals surface area contributed by atoms with Gasteiger partial charge in [0.05, 0.1) is 17.1 Å². The minimum atomic E-state index is -3.72. The van der Waals surface area contributed by atoms with Gasteiger partial charge in [-0.2, -0.15) is 5.10 Å². The van der Waals surface area contributed by atoms with E-state index in [1.807, 2.05) is 57.3 Å². The minimum absolute atomic E-state index is 0.0850. The lowest BCUT2D eigenvalue weighted by atomic mass is 9.89. The van der Waals surface area contributed by atoms with Crippen molar-refractivity contribution in [2.24, 2.45) is 5.92 Å². The van der Waals surface area contributed by atoms with Crippen LogP contribution in [0.2, 0.25) is 0 Å². The lowest BCUT2D eigenvalue weighted by Crippen LogP contribution is -2.50. The van der Waals surface area contributed by atoms with Crippen LogP contribution in [-0.2, 0) is 23.0 Å². The Balaban J connectivity index is 1.74. The monoisotopic (exact) mass is 466 g/mol. The van der Waals surface area contributed by atoms with Crippen LogP contribution >= 0.6 is 0 Å². The van der Waals surface area contributed by atoms with Crippen molar-refractivity contribution in [1.29, 1.82) is 0 Å². The van der Waals surface area contributed by atoms with E-state index in [-0.39, 0.29) is 18.0 Å². The van der Waals surface area contributed by atoms with Gasteiger partial charge in [-0.1, -0.05) is 61.9 Å². The number of nitrogens with zero attached hydrogens (tertiary/aromatic N) is 2. The number of sulfonamides is 1. The van der Waals surface area contributed by atoms with Crippen LogP contribution in [0.15, 0.2) is 53.6 Å². The number of aromatic amines is 1. The second-order valence-corrected chi connectivity index (χ2v) is 11.2. The Morgan fingerprint density at radius 3 is 2.36 bits per heavy atom. The number of benzene rings is 2. The molecule has 1 aliphatic heterocycles. The smallest absolute Gasteiger partial charge is 0.241 e. The number of rotatable bonds is 7. The molecule has 0 saturated heterocycles. The molecule has 2 aromatic carbocycles. The zero-order chi connectivity index (χ0) is 23.8. The van der Waals surface area contributed by atoms with E-state index in [1.54, 1.807) is 0 Å². The van der Waals surface area contributed by atoms with Gasteiger partial charge in [0.2, 0.25) is 10.0 Å². The third-order valence-electron chi connectivity index (χ3n) is 6.59. The van der Waals surface area contributed by atoms with Gasteiger partial charge in [-0.25, -0.2) is 13.1 Å². The molecule has 2 heterocycles. The topological polar surface area (TPSA) is 78.1 Å². The van der Waals surface area contributed by atoms with Crippen LogP contribution in [0.5, 0.6) is 0 Å². The molecule has 4 rings (SSSR count). The summed E-state index contributed by atoms with van der Waals surface area (Å²) in [6, 6.07) is 13.7. The van der Waals surface area contributed by atoms with Crippen molar-refractivity contribution in [3.8, 4) is 0 Å². The number of hydrogen-bond donors (Lipinski definition) is 2. The SMILES string of the molecule is Cc1cc(C)c(S(=O)(=O)NC(C(C)C)C(c2ccccc2)N2CCc3[nH]ncc3C2)c(C)c1. The first-order valence-corrected chi connectivity index (χ1v) is 13.1. The molecule has 176 valence electrons. The zero-order valence-electron chi connectivity index (χ0n) is 20.1. The van der Waals surface area contributed by atoms with Gasteiger partial charge >= 0.3 is 0 Å². The Labute approximate surface area is 197 Å². The van der Waals surface area contributed by atoms with Crippen molar-refractivity contribution >= 4 is 10.0 Å². The van der Waals surface area contributed by atoms with Crippen molar-refractivity contribution in [1.82, 2.24) is 19.8 Å². The Kier molecular flexibility index (Phi) is 6.75. The molecule has 0 amide bonds. The summed E-state index contributed by atoms with van der Waals surface area (Å²) in [4.78, 5) is 2.77. The maximum absolute atomic E-state index is 13.7. The number of aromatic nitrogens is 2. The van der Waals surface area contributed by atoms with Gasteiger partial charge < -0.3 is 0 Å². The molecule has 0 fully saturated rings. The highest BCUT2D eigenvalue weighted by atomic mass is 32.2. The van der Waals surface area contributed by atoms with Crippen LogP contribution in [0.3, 0.4) is 0 Å². The molecule has 0 radical (unpaired) electrons. The maximum Gasteiger partial charge on any atom is 0.241 e. The summed E-state index contributed by atoms with van der Waals surface area (Å²) in [6.45, 7) is 11.5. The first-order valence-electron chi connectivity index (χ1n) is 11.6. The summed E-state index contributed by atoms with van der Waals surface area (Å²) in [5.41, 5.74) is 6.09. The van der Waals surface area contributed by atoms with E-state index >= 15 is 0 Å². The molecule has 6 nitrogen and oxygen atoms in total. The van der Waals surface area contributed by atoms with Crippen LogP contribution in [0, 0.1) is 26.7 Å². The maximum atomic E-state index is 13.7. The number of hydrogen-bond acceptors (Lipinski definition) is 4. The molecule has 2 atom stereocenters. The third-order valence-corrected chi connectivity index (χ3v) is 8.35. The fourth-order valence-electron chi connectivity index (χ4n) is 5.17. The summed E-state index contributed by atoms with van der Waals surface area (Å²) in [5.74, 6) is 0.0850. The predicted molar refractivity (Wildman–Crippen MR) is 131 cm³/mol. The van der Waals surface area contributed by atoms with Gasteiger partial charge in [0, 0.05) is 36.8 Å². The number of nitrogens with one attached hydrogen (secondary N) is 2. The van der Waals surface area contributed by atoms with Crippen molar-refractivity contribution in [2.45, 2.75) is 64.6 Å². The largest absolute Gasteiger partial charge is 0.290 e. The van der Waals surface area contributed by atoms with Crippen molar-refractivity contribution in [3.63, 3.8) is 0 Å². The molecular formula is C26H34N4O2S. The summed E-state index contributed by atoms with van der Waals surface area (Å²) >= 11 is 0. The summed E-state index contributed by atoms with van der Waals surface area (Å²) in [6.07, 6.45) is 2.75. The van der Waals surface area contributed by atoms with Gasteiger partial charge in [-0.3, -0.25) is 10.00 Å². The van der Waals surface area contributed by atoms with E-state index in [1.165, 1.54) is 11.3 Å². The van der Waals surface area contributed by atoms with Gasteiger partial charge in [0.15, 0.2) is 0 Å². The van der Waals surface area contributed by atoms with Crippen LogP contribution in [0.25, 0.3) is 0 Å². The van der Waals surface area contributed by atoms with E-state index < -0.39 is 10.0 Å². The lowest BCUT2D eigenvalue weighted by molar-refractivity contribution is 0.131. The second kappa shape index (κ2) is 9.41. The normalized spacial score (nSPS) is 16.5. The molecule has 3 aromatic rings. The molecule has 0 spiro atoms. The highest BCUT2D eigenvalue weighted by molar-refractivity contribution is 7.89. The Hall–Kier alpha value is -2.48. The first-order chi connectivity index (χ1) is 15.7. The summed E-state index contributed by atoms with van der Waals surface area (Å²) < 4.78 is 30.6. The van der Waals surface area contributed by atoms with Gasteiger partial charge in [-0.05, 0) is 43.4 Å². The Bertz CT molecular complexity index is 1200. The molecule has 1 aliphatic rings. The molecule has 0 bridgehead atoms. The lowest BCUT2D eigenvalue weighted by Gasteiger charge is -2.41. The summed E-state index contributed by atoms with van der Waals surface area (Å²) in [7, 11) is -3.72. The molecule has 0 saturated carbocycles. The summed E-state index contributed by atoms with van der Waals surface area (Å²) in [5, 5.41) is 7.31. The fourth-order valence-corrected chi connectivity index (χ4v) is 7.01. The van der Waals surface area contributed by atoms with Crippen molar-refractivity contribution < 1.29 is 8.42 Å². The van der Waals surface area contributed by atoms with Crippen molar-refractivity contribution in [3.05, 3.63) is 82.2 Å². The highest BCUT2D eigenvalue weighted by Crippen LogP contribution is 2.34. The van der Waals surface area contributed by atoms with Gasteiger partial charge in [-0.15, -0.1) is 0 Å². The second-order valence-electron chi connectivity index (χ2n) is 9.57. The predicted octanol–water partition coefficient (Wildman–Crippen LogP) is 4.44. The first kappa shape index (κ1) is 23.7. The van der Waals surface area contributed by atoms with Crippen LogP contribution in [-0.4, -0.2) is 36.1 Å². The fraction of sp³-hybridized carbons (Fsp3) is 0.423. The highest BCUT2D eigenvalue weighted by Gasteiger charge is 2.36. The minimum Gasteiger partial charge on any atom is -0.290 e. The Morgan fingerprint density at radius 1 is 1.06 bits per heavy atom. The third kappa shape index (κ3) is 4.90. The van der Waals surface area contributed by atoms with Crippen LogP contribution in [0.1, 0.15) is 53.4 Å². The van der Waals surface area contributed by atoms with E-state index in [9.17, 15) is 8.42 Å². The standard InChI is InChI=1S/C26H34N4O2S/c1-17(2)24(29-33(31,32)26-19(4)13-18(3)14-20(26)5)25(21-9-7-6-8-10-21)30-12-11-23-22(16-30)15-27-28-23/h6-10,13-15,17,24-25,29H,11-12,16H2,1-5H3,(H,27,28). The molecule has 7 heteroatoms. The van der Waals surface area contributed by atoms with Crippen LogP contribution < -0.4 is 4.72 Å². The van der Waals surface area contributed by atoms with Gasteiger partial charge in [0.1, 0.15) is 0 Å². The quantitative estimate of drug-likeness (QED) is 0.540. The van der Waals surface area contributed by atoms with E-state index in [4.69, 9.17) is 0 Å². The number of H-pyrrole nitrogens is 1. The molecule has 33 heavy (non-hydrogen) atoms. The average Bonchev–Trinajstić information content (AvgIpc) is 3.21. The average molecular weight is 467 g/mol. The number of fused-ring (bicyclic) bond motifs is 1. The molecule has 1 aromatic heterocycles. The van der Waals surface area contributed by atoms with Gasteiger partial charge in [0.25, 0.3) is 0 Å². The molecular weight excluding hydrogens is 432 g/mol. The zero-order valence-corrected chi connectivity index (χ0v) is 20.9.